The number of thioether (sulfide) groups is 1. The summed E-state index contributed by atoms with van der Waals surface area (Å²) >= 11 is 1.90. The van der Waals surface area contributed by atoms with Crippen molar-refractivity contribution in [3.05, 3.63) is 0 Å². The third-order valence-corrected chi connectivity index (χ3v) is 10.7. The molecule has 0 unspecified atom stereocenters. The number of carbonyl (C=O) groups is 3. The molecule has 0 bridgehead atoms. The highest BCUT2D eigenvalue weighted by atomic mass is 32.2. The molecule has 3 amide bonds. The van der Waals surface area contributed by atoms with Gasteiger partial charge in [0.05, 0.1) is 171 Å². The minimum atomic E-state index is -0.0626. The average molecular weight is 899 g/mol. The summed E-state index contributed by atoms with van der Waals surface area (Å²) < 4.78 is 65.9. The summed E-state index contributed by atoms with van der Waals surface area (Å²) in [6, 6.07) is 0.399. The molecule has 0 aromatic carbocycles. The molecule has 0 saturated carbocycles. The Hall–Kier alpha value is -1.76. The number of fused-ring (bicyclic) bond motifs is 1. The molecule has 19 nitrogen and oxygen atoms in total. The number of ether oxygens (including phenoxy) is 12. The normalized spacial score (nSPS) is 17.1. The van der Waals surface area contributed by atoms with E-state index < -0.39 is 0 Å². The van der Waals surface area contributed by atoms with E-state index in [4.69, 9.17) is 56.8 Å². The number of unbranched alkanes of at least 4 members (excludes halogenated alkanes) is 1. The number of amides is 3. The molecule has 2 heterocycles. The van der Waals surface area contributed by atoms with Gasteiger partial charge in [0, 0.05) is 36.8 Å². The van der Waals surface area contributed by atoms with Crippen molar-refractivity contribution in [2.75, 3.05) is 184 Å². The molecule has 0 radical (unpaired) electrons. The van der Waals surface area contributed by atoms with E-state index >= 15 is 0 Å². The van der Waals surface area contributed by atoms with Gasteiger partial charge in [-0.05, 0) is 32.9 Å². The Morgan fingerprint density at radius 3 is 1.34 bits per heavy atom. The summed E-state index contributed by atoms with van der Waals surface area (Å²) in [5.74, 6) is 1.23. The number of hydrogen-bond donors (Lipinski definition) is 4. The lowest BCUT2D eigenvalue weighted by Crippen LogP contribution is -2.36. The van der Waals surface area contributed by atoms with Gasteiger partial charge in [-0.1, -0.05) is 6.42 Å². The summed E-state index contributed by atoms with van der Waals surface area (Å²) in [5, 5.41) is 12.3. The second-order valence-electron chi connectivity index (χ2n) is 14.1. The van der Waals surface area contributed by atoms with Gasteiger partial charge in [-0.15, -0.1) is 0 Å². The molecular weight excluding hydrogens is 821 g/mol. The van der Waals surface area contributed by atoms with E-state index in [1.54, 1.807) is 0 Å². The molecule has 0 aromatic rings. The van der Waals surface area contributed by atoms with Crippen LogP contribution in [0, 0.1) is 0 Å². The molecular formula is C41H78N4O15S. The maximum Gasteiger partial charge on any atom is 0.315 e. The first-order valence-electron chi connectivity index (χ1n) is 22.1. The highest BCUT2D eigenvalue weighted by molar-refractivity contribution is 8.00. The number of rotatable bonds is 48. The van der Waals surface area contributed by atoms with Crippen molar-refractivity contribution in [2.45, 2.75) is 62.3 Å². The molecule has 4 N–H and O–H groups in total. The summed E-state index contributed by atoms with van der Waals surface area (Å²) in [5.41, 5.74) is 0. The van der Waals surface area contributed by atoms with E-state index in [2.05, 4.69) is 21.3 Å². The van der Waals surface area contributed by atoms with Crippen molar-refractivity contribution in [2.24, 2.45) is 0 Å². The maximum atomic E-state index is 12.1. The number of hydrogen-bond acceptors (Lipinski definition) is 17. The molecule has 3 atom stereocenters. The molecule has 2 fully saturated rings. The third-order valence-electron chi connectivity index (χ3n) is 9.15. The predicted molar refractivity (Wildman–Crippen MR) is 230 cm³/mol. The van der Waals surface area contributed by atoms with Crippen LogP contribution in [0.1, 0.15) is 44.9 Å². The zero-order chi connectivity index (χ0) is 43.5. The van der Waals surface area contributed by atoms with Gasteiger partial charge in [0.15, 0.2) is 0 Å². The van der Waals surface area contributed by atoms with Crippen molar-refractivity contribution in [1.82, 2.24) is 21.3 Å². The minimum Gasteiger partial charge on any atom is -0.379 e. The fourth-order valence-electron chi connectivity index (χ4n) is 5.92. The zero-order valence-corrected chi connectivity index (χ0v) is 37.6. The summed E-state index contributed by atoms with van der Waals surface area (Å²) in [6.07, 6.45) is 5.23. The summed E-state index contributed by atoms with van der Waals surface area (Å²) in [7, 11) is 1.88. The number of Topliss-reactive ketones (excluding diaryl/α,β-unsaturated/α-hetero) is 1. The van der Waals surface area contributed by atoms with Crippen LogP contribution in [0.15, 0.2) is 0 Å². The van der Waals surface area contributed by atoms with Gasteiger partial charge >= 0.3 is 6.03 Å². The number of urea groups is 1. The Morgan fingerprint density at radius 1 is 0.508 bits per heavy atom. The number of ketones is 1. The van der Waals surface area contributed by atoms with E-state index in [0.29, 0.717) is 190 Å². The lowest BCUT2D eigenvalue weighted by molar-refractivity contribution is -0.121. The Labute approximate surface area is 367 Å². The number of nitrogens with one attached hydrogen (secondary N) is 4. The first-order valence-corrected chi connectivity index (χ1v) is 23.2. The molecule has 2 saturated heterocycles. The van der Waals surface area contributed by atoms with Crippen LogP contribution < -0.4 is 21.3 Å². The van der Waals surface area contributed by atoms with Gasteiger partial charge in [0.2, 0.25) is 5.91 Å². The van der Waals surface area contributed by atoms with Crippen molar-refractivity contribution < 1.29 is 71.2 Å². The van der Waals surface area contributed by atoms with Crippen LogP contribution >= 0.6 is 11.8 Å². The van der Waals surface area contributed by atoms with E-state index in [0.717, 1.165) is 38.0 Å². The monoisotopic (exact) mass is 899 g/mol. The topological polar surface area (TPSA) is 210 Å². The molecule has 358 valence electrons. The first-order chi connectivity index (χ1) is 30.1. The van der Waals surface area contributed by atoms with Crippen molar-refractivity contribution in [3.63, 3.8) is 0 Å². The van der Waals surface area contributed by atoms with E-state index in [-0.39, 0.29) is 29.8 Å². The lowest BCUT2D eigenvalue weighted by Gasteiger charge is -2.16. The molecule has 20 heteroatoms. The van der Waals surface area contributed by atoms with E-state index in [1.165, 1.54) is 0 Å². The van der Waals surface area contributed by atoms with Gasteiger partial charge in [0.25, 0.3) is 0 Å². The third kappa shape index (κ3) is 34.3. The Balaban J connectivity index is 1.13. The lowest BCUT2D eigenvalue weighted by atomic mass is 10.0. The summed E-state index contributed by atoms with van der Waals surface area (Å²) in [4.78, 5) is 35.2. The second kappa shape index (κ2) is 42.2. The van der Waals surface area contributed by atoms with Gasteiger partial charge in [0.1, 0.15) is 5.78 Å². The Bertz CT molecular complexity index is 1040. The van der Waals surface area contributed by atoms with Crippen molar-refractivity contribution >= 4 is 29.5 Å². The molecule has 2 aliphatic heterocycles. The fraction of sp³-hybridized carbons (Fsp3) is 0.927. The predicted octanol–water partition coefficient (Wildman–Crippen LogP) is 0.986. The molecule has 0 spiro atoms. The SMILES string of the molecule is CNCCCC(=O)CCOCCOCCOCCOCCOCCOCCOCCOCCOCCOCCOCCOCCNC(=O)CCCC[C@@H]1SC[C@@H]2NC(=O)N[C@@H]21. The van der Waals surface area contributed by atoms with Crippen LogP contribution in [0.25, 0.3) is 0 Å². The van der Waals surface area contributed by atoms with Gasteiger partial charge in [-0.25, -0.2) is 4.79 Å². The average Bonchev–Trinajstić information content (AvgIpc) is 3.82. The zero-order valence-electron chi connectivity index (χ0n) is 36.8. The largest absolute Gasteiger partial charge is 0.379 e. The molecule has 2 rings (SSSR count). The quantitative estimate of drug-likeness (QED) is 0.0496. The van der Waals surface area contributed by atoms with Crippen molar-refractivity contribution in [3.8, 4) is 0 Å². The highest BCUT2D eigenvalue weighted by Crippen LogP contribution is 2.33. The van der Waals surface area contributed by atoms with Crippen molar-refractivity contribution in [1.29, 1.82) is 0 Å². The van der Waals surface area contributed by atoms with Gasteiger partial charge < -0.3 is 78.1 Å². The molecule has 2 aliphatic rings. The fourth-order valence-corrected chi connectivity index (χ4v) is 7.46. The van der Waals surface area contributed by atoms with Crippen LogP contribution in [0.2, 0.25) is 0 Å². The summed E-state index contributed by atoms with van der Waals surface area (Å²) in [6.45, 7) is 12.8. The molecule has 0 aliphatic carbocycles. The molecule has 0 aromatic heterocycles. The van der Waals surface area contributed by atoms with E-state index in [1.807, 2.05) is 18.8 Å². The standard InChI is InChI=1S/C41H78N4O15S/c1-42-9-4-5-36(46)8-11-49-13-15-51-17-19-53-21-23-55-25-27-57-29-31-59-33-34-60-32-30-58-28-26-56-24-22-54-20-18-52-16-14-50-12-10-43-39(47)7-3-2-6-38-40-37(35-61-38)44-41(48)45-40/h37-38,40,42H,2-35H2,1H3,(H,43,47)(H2,44,45,48)/t37-,38-,40-/m0/s1. The number of carbonyl (C=O) groups excluding carboxylic acids is 3. The van der Waals surface area contributed by atoms with Crippen LogP contribution in [-0.2, 0) is 66.4 Å². The Morgan fingerprint density at radius 2 is 0.918 bits per heavy atom. The smallest absolute Gasteiger partial charge is 0.315 e. The van der Waals surface area contributed by atoms with Crippen LogP contribution in [0.3, 0.4) is 0 Å². The highest BCUT2D eigenvalue weighted by Gasteiger charge is 2.42. The second-order valence-corrected chi connectivity index (χ2v) is 15.3. The van der Waals surface area contributed by atoms with Crippen LogP contribution in [0.5, 0.6) is 0 Å². The van der Waals surface area contributed by atoms with Gasteiger partial charge in [-0.2, -0.15) is 11.8 Å². The first kappa shape index (κ1) is 55.4. The van der Waals surface area contributed by atoms with Crippen LogP contribution in [0.4, 0.5) is 4.79 Å². The van der Waals surface area contributed by atoms with Gasteiger partial charge in [-0.3, -0.25) is 9.59 Å². The molecule has 61 heavy (non-hydrogen) atoms. The minimum absolute atomic E-state index is 0.0405. The van der Waals surface area contributed by atoms with Crippen LogP contribution in [-0.4, -0.2) is 220 Å². The van der Waals surface area contributed by atoms with E-state index in [9.17, 15) is 14.4 Å². The Kier molecular flexibility index (Phi) is 38.3. The maximum absolute atomic E-state index is 12.1.